The molecular weight excluding hydrogens is 288 g/mol. The lowest BCUT2D eigenvalue weighted by molar-refractivity contribution is -0.137. The molecule has 0 fully saturated rings. The number of hydrogen-bond donors (Lipinski definition) is 1. The van der Waals surface area contributed by atoms with Gasteiger partial charge in [-0.2, -0.15) is 0 Å². The Morgan fingerprint density at radius 2 is 1.30 bits per heavy atom. The first kappa shape index (κ1) is 19.7. The maximum atomic E-state index is 10.4. The lowest BCUT2D eigenvalue weighted by atomic mass is 10.1. The Kier molecular flexibility index (Phi) is 12.2. The Bertz CT molecular complexity index is 389. The van der Waals surface area contributed by atoms with Crippen LogP contribution in [0.15, 0.2) is 30.3 Å². The molecule has 0 aliphatic carbocycles. The Morgan fingerprint density at radius 3 is 1.87 bits per heavy atom. The van der Waals surface area contributed by atoms with E-state index >= 15 is 0 Å². The summed E-state index contributed by atoms with van der Waals surface area (Å²) in [6, 6.07) is 10.3. The standard InChI is InChI=1S/C20H32O3/c21-20(22)16-12-7-5-3-1-2-4-6-8-13-17-23-18-19-14-10-9-11-15-19/h9-11,14-15H,1-8,12-13,16-18H2,(H,21,22). The van der Waals surface area contributed by atoms with Crippen LogP contribution in [-0.2, 0) is 16.1 Å². The van der Waals surface area contributed by atoms with Gasteiger partial charge in [0.05, 0.1) is 6.61 Å². The van der Waals surface area contributed by atoms with E-state index in [0.29, 0.717) is 6.42 Å². The van der Waals surface area contributed by atoms with Gasteiger partial charge in [0.15, 0.2) is 0 Å². The van der Waals surface area contributed by atoms with Crippen LogP contribution in [0.2, 0.25) is 0 Å². The Morgan fingerprint density at radius 1 is 0.783 bits per heavy atom. The number of rotatable bonds is 15. The Hall–Kier alpha value is -1.35. The van der Waals surface area contributed by atoms with Gasteiger partial charge in [-0.1, -0.05) is 81.7 Å². The smallest absolute Gasteiger partial charge is 0.303 e. The highest BCUT2D eigenvalue weighted by atomic mass is 16.5. The highest BCUT2D eigenvalue weighted by Crippen LogP contribution is 2.11. The highest BCUT2D eigenvalue weighted by Gasteiger charge is 1.97. The van der Waals surface area contributed by atoms with Crippen molar-refractivity contribution in [2.75, 3.05) is 6.61 Å². The van der Waals surface area contributed by atoms with E-state index in [2.05, 4.69) is 12.1 Å². The van der Waals surface area contributed by atoms with Crippen LogP contribution in [0.1, 0.15) is 76.2 Å². The fourth-order valence-corrected chi connectivity index (χ4v) is 2.66. The number of carboxylic acid groups (broad SMARTS) is 1. The lowest BCUT2D eigenvalue weighted by Crippen LogP contribution is -1.95. The fourth-order valence-electron chi connectivity index (χ4n) is 2.66. The van der Waals surface area contributed by atoms with Crippen LogP contribution in [0.5, 0.6) is 0 Å². The van der Waals surface area contributed by atoms with E-state index in [-0.39, 0.29) is 0 Å². The quantitative estimate of drug-likeness (QED) is 0.429. The molecule has 1 aromatic carbocycles. The van der Waals surface area contributed by atoms with Crippen LogP contribution in [0, 0.1) is 0 Å². The van der Waals surface area contributed by atoms with Crippen molar-refractivity contribution < 1.29 is 14.6 Å². The lowest BCUT2D eigenvalue weighted by Gasteiger charge is -2.05. The van der Waals surface area contributed by atoms with E-state index in [9.17, 15) is 4.79 Å². The predicted molar refractivity (Wildman–Crippen MR) is 94.5 cm³/mol. The van der Waals surface area contributed by atoms with Gasteiger partial charge in [-0.05, 0) is 18.4 Å². The minimum Gasteiger partial charge on any atom is -0.481 e. The van der Waals surface area contributed by atoms with E-state index in [1.807, 2.05) is 18.2 Å². The maximum absolute atomic E-state index is 10.4. The summed E-state index contributed by atoms with van der Waals surface area (Å²) in [5.41, 5.74) is 1.25. The highest BCUT2D eigenvalue weighted by molar-refractivity contribution is 5.66. The summed E-state index contributed by atoms with van der Waals surface area (Å²) in [6.07, 6.45) is 12.3. The van der Waals surface area contributed by atoms with Crippen molar-refractivity contribution in [1.82, 2.24) is 0 Å². The number of carboxylic acids is 1. The summed E-state index contributed by atoms with van der Waals surface area (Å²) in [5, 5.41) is 8.54. The molecule has 3 nitrogen and oxygen atoms in total. The van der Waals surface area contributed by atoms with Crippen molar-refractivity contribution in [1.29, 1.82) is 0 Å². The van der Waals surface area contributed by atoms with E-state index in [0.717, 1.165) is 32.5 Å². The topological polar surface area (TPSA) is 46.5 Å². The third kappa shape index (κ3) is 12.8. The number of benzene rings is 1. The van der Waals surface area contributed by atoms with Crippen LogP contribution in [0.3, 0.4) is 0 Å². The molecule has 0 amide bonds. The van der Waals surface area contributed by atoms with Crippen molar-refractivity contribution in [2.45, 2.75) is 77.2 Å². The molecule has 0 aliphatic heterocycles. The molecule has 0 saturated heterocycles. The van der Waals surface area contributed by atoms with Gasteiger partial charge in [-0.15, -0.1) is 0 Å². The maximum Gasteiger partial charge on any atom is 0.303 e. The third-order valence-electron chi connectivity index (χ3n) is 4.04. The van der Waals surface area contributed by atoms with Crippen LogP contribution in [-0.4, -0.2) is 17.7 Å². The second kappa shape index (κ2) is 14.3. The molecule has 0 radical (unpaired) electrons. The van der Waals surface area contributed by atoms with E-state index in [1.165, 1.54) is 50.5 Å². The van der Waals surface area contributed by atoms with Crippen LogP contribution >= 0.6 is 0 Å². The van der Waals surface area contributed by atoms with Crippen molar-refractivity contribution in [3.05, 3.63) is 35.9 Å². The molecule has 0 bridgehead atoms. The average Bonchev–Trinajstić information content (AvgIpc) is 2.56. The molecule has 1 N–H and O–H groups in total. The number of hydrogen-bond acceptors (Lipinski definition) is 2. The average molecular weight is 320 g/mol. The van der Waals surface area contributed by atoms with E-state index in [4.69, 9.17) is 9.84 Å². The molecule has 23 heavy (non-hydrogen) atoms. The summed E-state index contributed by atoms with van der Waals surface area (Å²) in [4.78, 5) is 10.4. The molecule has 0 unspecified atom stereocenters. The summed E-state index contributed by atoms with van der Waals surface area (Å²) < 4.78 is 5.68. The summed E-state index contributed by atoms with van der Waals surface area (Å²) >= 11 is 0. The molecule has 1 rings (SSSR count). The van der Waals surface area contributed by atoms with Crippen molar-refractivity contribution >= 4 is 5.97 Å². The van der Waals surface area contributed by atoms with Gasteiger partial charge in [0.25, 0.3) is 0 Å². The van der Waals surface area contributed by atoms with Gasteiger partial charge in [0, 0.05) is 13.0 Å². The van der Waals surface area contributed by atoms with Gasteiger partial charge >= 0.3 is 5.97 Å². The SMILES string of the molecule is O=C(O)CCCCCCCCCCCCOCc1ccccc1. The normalized spacial score (nSPS) is 10.8. The van der Waals surface area contributed by atoms with Crippen LogP contribution in [0.4, 0.5) is 0 Å². The zero-order chi connectivity index (χ0) is 16.6. The molecule has 0 aromatic heterocycles. The first-order valence-electron chi connectivity index (χ1n) is 9.12. The minimum atomic E-state index is -0.669. The van der Waals surface area contributed by atoms with E-state index in [1.54, 1.807) is 0 Å². The molecule has 0 heterocycles. The number of carbonyl (C=O) groups is 1. The minimum absolute atomic E-state index is 0.326. The molecule has 1 aromatic rings. The van der Waals surface area contributed by atoms with Crippen LogP contribution in [0.25, 0.3) is 0 Å². The van der Waals surface area contributed by atoms with Gasteiger partial charge in [-0.3, -0.25) is 4.79 Å². The molecule has 0 aliphatic rings. The number of aliphatic carboxylic acids is 1. The predicted octanol–water partition coefficient (Wildman–Crippen LogP) is 5.58. The van der Waals surface area contributed by atoms with Gasteiger partial charge < -0.3 is 9.84 Å². The Labute approximate surface area is 141 Å². The molecular formula is C20H32O3. The Balaban J connectivity index is 1.74. The van der Waals surface area contributed by atoms with Crippen LogP contribution < -0.4 is 0 Å². The molecule has 3 heteroatoms. The first-order valence-corrected chi connectivity index (χ1v) is 9.12. The molecule has 0 saturated carbocycles. The van der Waals surface area contributed by atoms with Crippen molar-refractivity contribution in [3.63, 3.8) is 0 Å². The molecule has 0 atom stereocenters. The largest absolute Gasteiger partial charge is 0.481 e. The summed E-state index contributed by atoms with van der Waals surface area (Å²) in [7, 11) is 0. The monoisotopic (exact) mass is 320 g/mol. The van der Waals surface area contributed by atoms with Crippen molar-refractivity contribution in [2.24, 2.45) is 0 Å². The zero-order valence-electron chi connectivity index (χ0n) is 14.3. The molecule has 130 valence electrons. The fraction of sp³-hybridized carbons (Fsp3) is 0.650. The van der Waals surface area contributed by atoms with Gasteiger partial charge in [0.1, 0.15) is 0 Å². The third-order valence-corrected chi connectivity index (χ3v) is 4.04. The number of unbranched alkanes of at least 4 members (excludes halogenated alkanes) is 9. The summed E-state index contributed by atoms with van der Waals surface area (Å²) in [6.45, 7) is 1.58. The van der Waals surface area contributed by atoms with Gasteiger partial charge in [0.2, 0.25) is 0 Å². The van der Waals surface area contributed by atoms with Crippen molar-refractivity contribution in [3.8, 4) is 0 Å². The summed E-state index contributed by atoms with van der Waals surface area (Å²) in [5.74, 6) is -0.669. The first-order chi connectivity index (χ1) is 11.3. The molecule has 0 spiro atoms. The second-order valence-corrected chi connectivity index (χ2v) is 6.22. The van der Waals surface area contributed by atoms with E-state index < -0.39 is 5.97 Å². The second-order valence-electron chi connectivity index (χ2n) is 6.22. The van der Waals surface area contributed by atoms with Gasteiger partial charge in [-0.25, -0.2) is 0 Å². The zero-order valence-corrected chi connectivity index (χ0v) is 14.3. The number of ether oxygens (including phenoxy) is 1.